The molecule has 1 aromatic carbocycles. The maximum Gasteiger partial charge on any atom is 0.122 e. The van der Waals surface area contributed by atoms with E-state index in [1.54, 1.807) is 6.20 Å². The van der Waals surface area contributed by atoms with Gasteiger partial charge < -0.3 is 9.84 Å². The van der Waals surface area contributed by atoms with Crippen molar-refractivity contribution in [3.05, 3.63) is 40.9 Å². The number of aliphatic hydroxyl groups excluding tert-OH is 1. The van der Waals surface area contributed by atoms with E-state index in [4.69, 9.17) is 4.74 Å². The molecule has 0 spiro atoms. The Morgan fingerprint density at radius 1 is 1.44 bits per heavy atom. The molecule has 0 radical (unpaired) electrons. The normalized spacial score (nSPS) is 19.9. The van der Waals surface area contributed by atoms with E-state index in [-0.39, 0.29) is 0 Å². The quantitative estimate of drug-likeness (QED) is 0.923. The Morgan fingerprint density at radius 3 is 3.17 bits per heavy atom. The van der Waals surface area contributed by atoms with E-state index in [2.05, 4.69) is 15.7 Å². The molecule has 18 heavy (non-hydrogen) atoms. The fourth-order valence-corrected chi connectivity index (χ4v) is 2.87. The summed E-state index contributed by atoms with van der Waals surface area (Å²) in [6, 6.07) is 8.06. The summed E-state index contributed by atoms with van der Waals surface area (Å²) in [5, 5.41) is 13.9. The molecule has 2 unspecified atom stereocenters. The smallest absolute Gasteiger partial charge is 0.122 e. The van der Waals surface area contributed by atoms with E-state index >= 15 is 0 Å². The minimum absolute atomic E-state index is 0.340. The van der Waals surface area contributed by atoms with Crippen LogP contribution in [0, 0.1) is 0 Å². The van der Waals surface area contributed by atoms with E-state index in [1.807, 2.05) is 18.2 Å². The number of rotatable bonds is 3. The average molecular weight is 262 g/mol. The molecule has 3 rings (SSSR count). The van der Waals surface area contributed by atoms with Crippen molar-refractivity contribution in [3.63, 3.8) is 0 Å². The first-order chi connectivity index (χ1) is 8.84. The zero-order valence-corrected chi connectivity index (χ0v) is 10.6. The van der Waals surface area contributed by atoms with Crippen molar-refractivity contribution in [2.45, 2.75) is 24.9 Å². The summed E-state index contributed by atoms with van der Waals surface area (Å²) in [7, 11) is 0. The number of para-hydroxylation sites is 1. The summed E-state index contributed by atoms with van der Waals surface area (Å²) in [6.07, 6.45) is 2.80. The molecule has 1 aliphatic heterocycles. The highest BCUT2D eigenvalue weighted by molar-refractivity contribution is 7.05. The van der Waals surface area contributed by atoms with Crippen molar-refractivity contribution in [2.75, 3.05) is 6.61 Å². The van der Waals surface area contributed by atoms with Crippen LogP contribution in [0.15, 0.2) is 30.5 Å². The lowest BCUT2D eigenvalue weighted by Crippen LogP contribution is -2.16. The van der Waals surface area contributed by atoms with Gasteiger partial charge in [0.15, 0.2) is 0 Å². The highest BCUT2D eigenvalue weighted by atomic mass is 32.1. The maximum absolute atomic E-state index is 10.2. The van der Waals surface area contributed by atoms with Gasteiger partial charge >= 0.3 is 0 Å². The first kappa shape index (κ1) is 11.6. The van der Waals surface area contributed by atoms with Gasteiger partial charge in [-0.2, -0.15) is 0 Å². The molecule has 0 fully saturated rings. The van der Waals surface area contributed by atoms with Crippen LogP contribution in [0.5, 0.6) is 5.75 Å². The van der Waals surface area contributed by atoms with E-state index < -0.39 is 6.10 Å². The Bertz CT molecular complexity index is 515. The number of aliphatic hydroxyl groups is 1. The van der Waals surface area contributed by atoms with E-state index in [0.29, 0.717) is 12.3 Å². The van der Waals surface area contributed by atoms with Gasteiger partial charge in [0.05, 0.1) is 23.8 Å². The Balaban J connectivity index is 1.78. The zero-order valence-electron chi connectivity index (χ0n) is 9.82. The highest BCUT2D eigenvalue weighted by Crippen LogP contribution is 2.38. The highest BCUT2D eigenvalue weighted by Gasteiger charge is 2.24. The van der Waals surface area contributed by atoms with Gasteiger partial charge in [0.1, 0.15) is 5.75 Å². The molecule has 2 heterocycles. The fourth-order valence-electron chi connectivity index (χ4n) is 2.37. The second-order valence-corrected chi connectivity index (χ2v) is 5.26. The van der Waals surface area contributed by atoms with Crippen LogP contribution in [-0.4, -0.2) is 21.3 Å². The maximum atomic E-state index is 10.2. The minimum Gasteiger partial charge on any atom is -0.493 e. The largest absolute Gasteiger partial charge is 0.493 e. The first-order valence-corrected chi connectivity index (χ1v) is 6.79. The molecule has 0 saturated heterocycles. The zero-order chi connectivity index (χ0) is 12.4. The predicted molar refractivity (Wildman–Crippen MR) is 68.8 cm³/mol. The third-order valence-corrected chi connectivity index (χ3v) is 4.06. The summed E-state index contributed by atoms with van der Waals surface area (Å²) in [5.41, 5.74) is 1.19. The summed E-state index contributed by atoms with van der Waals surface area (Å²) in [4.78, 5) is 0.832. The molecule has 2 atom stereocenters. The SMILES string of the molecule is OC(CC1CCOc2ccccc21)c1cnns1. The summed E-state index contributed by atoms with van der Waals surface area (Å²) in [5.74, 6) is 1.29. The molecule has 0 amide bonds. The Kier molecular flexibility index (Phi) is 3.25. The van der Waals surface area contributed by atoms with Gasteiger partial charge in [-0.15, -0.1) is 5.10 Å². The molecule has 5 heteroatoms. The van der Waals surface area contributed by atoms with Crippen LogP contribution in [0.3, 0.4) is 0 Å². The lowest BCUT2D eigenvalue weighted by atomic mass is 9.88. The van der Waals surface area contributed by atoms with Crippen LogP contribution in [0.2, 0.25) is 0 Å². The number of nitrogens with zero attached hydrogens (tertiary/aromatic N) is 2. The fraction of sp³-hybridized carbons (Fsp3) is 0.385. The molecule has 94 valence electrons. The number of hydrogen-bond acceptors (Lipinski definition) is 5. The first-order valence-electron chi connectivity index (χ1n) is 6.01. The number of hydrogen-bond donors (Lipinski definition) is 1. The summed E-state index contributed by atoms with van der Waals surface area (Å²) < 4.78 is 9.41. The number of aromatic nitrogens is 2. The number of fused-ring (bicyclic) bond motifs is 1. The van der Waals surface area contributed by atoms with Gasteiger partial charge in [0, 0.05) is 0 Å². The van der Waals surface area contributed by atoms with E-state index in [9.17, 15) is 5.11 Å². The van der Waals surface area contributed by atoms with Crippen LogP contribution in [0.4, 0.5) is 0 Å². The number of benzene rings is 1. The minimum atomic E-state index is -0.485. The van der Waals surface area contributed by atoms with Crippen LogP contribution in [-0.2, 0) is 0 Å². The van der Waals surface area contributed by atoms with Crippen LogP contribution in [0.25, 0.3) is 0 Å². The van der Waals surface area contributed by atoms with Gasteiger partial charge in [-0.1, -0.05) is 22.7 Å². The third-order valence-electron chi connectivity index (χ3n) is 3.30. The molecule has 1 N–H and O–H groups in total. The van der Waals surface area contributed by atoms with Crippen molar-refractivity contribution in [3.8, 4) is 5.75 Å². The van der Waals surface area contributed by atoms with Crippen LogP contribution in [0.1, 0.15) is 35.3 Å². The lowest BCUT2D eigenvalue weighted by molar-refractivity contribution is 0.148. The van der Waals surface area contributed by atoms with Gasteiger partial charge in [0.25, 0.3) is 0 Å². The van der Waals surface area contributed by atoms with Crippen molar-refractivity contribution in [1.29, 1.82) is 0 Å². The van der Waals surface area contributed by atoms with Crippen molar-refractivity contribution < 1.29 is 9.84 Å². The number of ether oxygens (including phenoxy) is 1. The summed E-state index contributed by atoms with van der Waals surface area (Å²) >= 11 is 1.26. The molecule has 2 aromatic rings. The molecule has 0 aliphatic carbocycles. The Hall–Kier alpha value is -1.46. The van der Waals surface area contributed by atoms with Gasteiger partial charge in [-0.25, -0.2) is 0 Å². The second kappa shape index (κ2) is 5.04. The molecule has 1 aromatic heterocycles. The topological polar surface area (TPSA) is 55.2 Å². The van der Waals surface area contributed by atoms with Crippen molar-refractivity contribution in [2.24, 2.45) is 0 Å². The molecule has 4 nitrogen and oxygen atoms in total. The Morgan fingerprint density at radius 2 is 2.33 bits per heavy atom. The van der Waals surface area contributed by atoms with Gasteiger partial charge in [0.2, 0.25) is 0 Å². The predicted octanol–water partition coefficient (Wildman–Crippen LogP) is 2.53. The Labute approximate surface area is 109 Å². The second-order valence-electron chi connectivity index (χ2n) is 4.44. The molecule has 1 aliphatic rings. The van der Waals surface area contributed by atoms with Crippen LogP contribution >= 0.6 is 11.5 Å². The molecule has 0 bridgehead atoms. The third kappa shape index (κ3) is 2.23. The van der Waals surface area contributed by atoms with Crippen molar-refractivity contribution in [1.82, 2.24) is 9.59 Å². The molecular formula is C13H14N2O2S. The lowest BCUT2D eigenvalue weighted by Gasteiger charge is -2.27. The van der Waals surface area contributed by atoms with Crippen LogP contribution < -0.4 is 4.74 Å². The van der Waals surface area contributed by atoms with Gasteiger partial charge in [-0.05, 0) is 41.9 Å². The van der Waals surface area contributed by atoms with Crippen molar-refractivity contribution >= 4 is 11.5 Å². The monoisotopic (exact) mass is 262 g/mol. The van der Waals surface area contributed by atoms with Gasteiger partial charge in [-0.3, -0.25) is 0 Å². The standard InChI is InChI=1S/C13H14N2O2S/c16-11(13-8-14-15-18-13)7-9-5-6-17-12-4-2-1-3-10(9)12/h1-4,8-9,11,16H,5-7H2. The van der Waals surface area contributed by atoms with E-state index in [1.165, 1.54) is 17.1 Å². The average Bonchev–Trinajstić information content (AvgIpc) is 2.93. The summed E-state index contributed by atoms with van der Waals surface area (Å²) in [6.45, 7) is 0.718. The van der Waals surface area contributed by atoms with E-state index in [0.717, 1.165) is 23.7 Å². The molecule has 0 saturated carbocycles. The molecular weight excluding hydrogens is 248 g/mol.